The number of benzene rings is 1. The number of hydrogen-bond acceptors (Lipinski definition) is 1. The number of rotatable bonds is 3. The van der Waals surface area contributed by atoms with Gasteiger partial charge in [0.1, 0.15) is 0 Å². The third kappa shape index (κ3) is 2.86. The van der Waals surface area contributed by atoms with E-state index in [9.17, 15) is 0 Å². The molecule has 1 heterocycles. The molecule has 2 aromatic rings. The fourth-order valence-electron chi connectivity index (χ4n) is 1.44. The van der Waals surface area contributed by atoms with Gasteiger partial charge in [0.05, 0.1) is 17.9 Å². The SMILES string of the molecule is ClC(Cc1cccc(Br)c1)c1ccoc1. The zero-order valence-electron chi connectivity index (χ0n) is 7.99. The second-order valence-corrected chi connectivity index (χ2v) is 4.80. The van der Waals surface area contributed by atoms with E-state index in [0.717, 1.165) is 16.5 Å². The Kier molecular flexibility index (Phi) is 3.49. The first-order valence-electron chi connectivity index (χ1n) is 4.66. The van der Waals surface area contributed by atoms with E-state index < -0.39 is 0 Å². The van der Waals surface area contributed by atoms with E-state index >= 15 is 0 Å². The lowest BCUT2D eigenvalue weighted by Gasteiger charge is -2.07. The molecule has 0 fully saturated rings. The fourth-order valence-corrected chi connectivity index (χ4v) is 2.19. The number of halogens is 2. The monoisotopic (exact) mass is 284 g/mol. The Labute approximate surface area is 102 Å². The standard InChI is InChI=1S/C12H10BrClO/c13-11-3-1-2-9(6-11)7-12(14)10-4-5-15-8-10/h1-6,8,12H,7H2. The molecule has 1 unspecified atom stereocenters. The van der Waals surface area contributed by atoms with Crippen LogP contribution in [-0.4, -0.2) is 0 Å². The zero-order chi connectivity index (χ0) is 10.7. The quantitative estimate of drug-likeness (QED) is 0.753. The normalized spacial score (nSPS) is 12.7. The maximum absolute atomic E-state index is 6.26. The molecule has 0 spiro atoms. The van der Waals surface area contributed by atoms with Crippen molar-refractivity contribution in [2.75, 3.05) is 0 Å². The van der Waals surface area contributed by atoms with Gasteiger partial charge in [-0.2, -0.15) is 0 Å². The Bertz CT molecular complexity index is 425. The maximum Gasteiger partial charge on any atom is 0.0949 e. The number of hydrogen-bond donors (Lipinski definition) is 0. The van der Waals surface area contributed by atoms with Gasteiger partial charge in [-0.05, 0) is 30.2 Å². The van der Waals surface area contributed by atoms with Crippen molar-refractivity contribution in [3.8, 4) is 0 Å². The Morgan fingerprint density at radius 1 is 1.33 bits per heavy atom. The van der Waals surface area contributed by atoms with Crippen LogP contribution in [-0.2, 0) is 6.42 Å². The predicted molar refractivity (Wildman–Crippen MR) is 65.1 cm³/mol. The van der Waals surface area contributed by atoms with Crippen molar-refractivity contribution in [1.29, 1.82) is 0 Å². The first kappa shape index (κ1) is 10.8. The van der Waals surface area contributed by atoms with E-state index in [2.05, 4.69) is 28.1 Å². The second-order valence-electron chi connectivity index (χ2n) is 3.36. The van der Waals surface area contributed by atoms with E-state index in [1.54, 1.807) is 12.5 Å². The zero-order valence-corrected chi connectivity index (χ0v) is 10.3. The van der Waals surface area contributed by atoms with Gasteiger partial charge in [-0.25, -0.2) is 0 Å². The van der Waals surface area contributed by atoms with Crippen molar-refractivity contribution >= 4 is 27.5 Å². The Morgan fingerprint density at radius 2 is 2.20 bits per heavy atom. The van der Waals surface area contributed by atoms with Crippen LogP contribution in [0.1, 0.15) is 16.5 Å². The molecule has 0 aliphatic carbocycles. The summed E-state index contributed by atoms with van der Waals surface area (Å²) in [5.41, 5.74) is 2.24. The molecule has 15 heavy (non-hydrogen) atoms. The molecule has 0 radical (unpaired) electrons. The summed E-state index contributed by atoms with van der Waals surface area (Å²) in [5.74, 6) is 0. The van der Waals surface area contributed by atoms with Crippen molar-refractivity contribution in [2.24, 2.45) is 0 Å². The second kappa shape index (κ2) is 4.86. The van der Waals surface area contributed by atoms with Crippen LogP contribution in [0.5, 0.6) is 0 Å². The Morgan fingerprint density at radius 3 is 2.87 bits per heavy atom. The van der Waals surface area contributed by atoms with Crippen LogP contribution in [0, 0.1) is 0 Å². The minimum atomic E-state index is -0.0296. The van der Waals surface area contributed by atoms with Crippen LogP contribution >= 0.6 is 27.5 Å². The summed E-state index contributed by atoms with van der Waals surface area (Å²) in [5, 5.41) is -0.0296. The Balaban J connectivity index is 2.09. The lowest BCUT2D eigenvalue weighted by atomic mass is 10.1. The average Bonchev–Trinajstić information content (AvgIpc) is 2.70. The van der Waals surface area contributed by atoms with Crippen molar-refractivity contribution in [3.05, 3.63) is 58.5 Å². The van der Waals surface area contributed by atoms with Gasteiger partial charge in [0.15, 0.2) is 0 Å². The number of furan rings is 1. The molecule has 0 N–H and O–H groups in total. The fraction of sp³-hybridized carbons (Fsp3) is 0.167. The largest absolute Gasteiger partial charge is 0.472 e. The highest BCUT2D eigenvalue weighted by Crippen LogP contribution is 2.26. The molecule has 2 rings (SSSR count). The van der Waals surface area contributed by atoms with Crippen molar-refractivity contribution < 1.29 is 4.42 Å². The first-order chi connectivity index (χ1) is 7.25. The smallest absolute Gasteiger partial charge is 0.0949 e. The minimum Gasteiger partial charge on any atom is -0.472 e. The van der Waals surface area contributed by atoms with Crippen LogP contribution in [0.25, 0.3) is 0 Å². The summed E-state index contributed by atoms with van der Waals surface area (Å²) in [7, 11) is 0. The molecule has 1 nitrogen and oxygen atoms in total. The van der Waals surface area contributed by atoms with Gasteiger partial charge in [0.2, 0.25) is 0 Å². The average molecular weight is 286 g/mol. The van der Waals surface area contributed by atoms with Crippen molar-refractivity contribution in [3.63, 3.8) is 0 Å². The van der Waals surface area contributed by atoms with Gasteiger partial charge < -0.3 is 4.42 Å². The molecule has 1 atom stereocenters. The molecular formula is C12H10BrClO. The van der Waals surface area contributed by atoms with E-state index in [4.69, 9.17) is 16.0 Å². The van der Waals surface area contributed by atoms with E-state index in [-0.39, 0.29) is 5.38 Å². The molecule has 1 aromatic carbocycles. The molecule has 0 saturated heterocycles. The predicted octanol–water partition coefficient (Wildman–Crippen LogP) is 4.56. The summed E-state index contributed by atoms with van der Waals surface area (Å²) in [6, 6.07) is 10.1. The summed E-state index contributed by atoms with van der Waals surface area (Å²) in [6.07, 6.45) is 4.14. The lowest BCUT2D eigenvalue weighted by molar-refractivity contribution is 0.563. The number of alkyl halides is 1. The van der Waals surface area contributed by atoms with Gasteiger partial charge in [0.25, 0.3) is 0 Å². The molecule has 0 aliphatic heterocycles. The van der Waals surface area contributed by atoms with Gasteiger partial charge in [-0.3, -0.25) is 0 Å². The van der Waals surface area contributed by atoms with Crippen LogP contribution in [0.4, 0.5) is 0 Å². The molecule has 0 saturated carbocycles. The highest BCUT2D eigenvalue weighted by molar-refractivity contribution is 9.10. The van der Waals surface area contributed by atoms with Gasteiger partial charge in [-0.15, -0.1) is 11.6 Å². The van der Waals surface area contributed by atoms with Gasteiger partial charge >= 0.3 is 0 Å². The molecule has 3 heteroatoms. The first-order valence-corrected chi connectivity index (χ1v) is 5.89. The molecule has 0 amide bonds. The third-order valence-corrected chi connectivity index (χ3v) is 3.11. The third-order valence-electron chi connectivity index (χ3n) is 2.21. The van der Waals surface area contributed by atoms with E-state index in [0.29, 0.717) is 0 Å². The van der Waals surface area contributed by atoms with Crippen molar-refractivity contribution in [2.45, 2.75) is 11.8 Å². The molecule has 1 aromatic heterocycles. The maximum atomic E-state index is 6.26. The molecule has 78 valence electrons. The van der Waals surface area contributed by atoms with Gasteiger partial charge in [-0.1, -0.05) is 28.1 Å². The summed E-state index contributed by atoms with van der Waals surface area (Å²) < 4.78 is 6.08. The highest BCUT2D eigenvalue weighted by atomic mass is 79.9. The van der Waals surface area contributed by atoms with Crippen LogP contribution in [0.15, 0.2) is 51.7 Å². The highest BCUT2D eigenvalue weighted by Gasteiger charge is 2.09. The van der Waals surface area contributed by atoms with E-state index in [1.807, 2.05) is 18.2 Å². The summed E-state index contributed by atoms with van der Waals surface area (Å²) in [4.78, 5) is 0. The van der Waals surface area contributed by atoms with Crippen molar-refractivity contribution in [1.82, 2.24) is 0 Å². The lowest BCUT2D eigenvalue weighted by Crippen LogP contribution is -1.93. The van der Waals surface area contributed by atoms with Crippen LogP contribution in [0.3, 0.4) is 0 Å². The van der Waals surface area contributed by atoms with Gasteiger partial charge in [0, 0.05) is 10.0 Å². The van der Waals surface area contributed by atoms with E-state index in [1.165, 1.54) is 5.56 Å². The Hall–Kier alpha value is -0.730. The van der Waals surface area contributed by atoms with Crippen LogP contribution < -0.4 is 0 Å². The molecular weight excluding hydrogens is 275 g/mol. The van der Waals surface area contributed by atoms with Crippen LogP contribution in [0.2, 0.25) is 0 Å². The minimum absolute atomic E-state index is 0.0296. The molecule has 0 bridgehead atoms. The summed E-state index contributed by atoms with van der Waals surface area (Å²) in [6.45, 7) is 0. The summed E-state index contributed by atoms with van der Waals surface area (Å²) >= 11 is 9.70. The molecule has 0 aliphatic rings. The topological polar surface area (TPSA) is 13.1 Å².